The highest BCUT2D eigenvalue weighted by molar-refractivity contribution is 5.49. The maximum Gasteiger partial charge on any atom is 0.0369 e. The molecular weight excluding hydrogens is 210 g/mol. The molecule has 0 amide bonds. The van der Waals surface area contributed by atoms with Crippen molar-refractivity contribution in [3.63, 3.8) is 0 Å². The third-order valence-corrected chi connectivity index (χ3v) is 3.34. The SMILES string of the molecule is CC(N)Cc1cccc(N2CCN(C)CC2)c1. The van der Waals surface area contributed by atoms with E-state index in [1.807, 2.05) is 0 Å². The summed E-state index contributed by atoms with van der Waals surface area (Å²) in [4.78, 5) is 4.84. The Morgan fingerprint density at radius 2 is 1.94 bits per heavy atom. The average molecular weight is 233 g/mol. The largest absolute Gasteiger partial charge is 0.369 e. The molecule has 2 rings (SSSR count). The molecule has 3 heteroatoms. The molecule has 0 saturated carbocycles. The Bertz CT molecular complexity index is 354. The summed E-state index contributed by atoms with van der Waals surface area (Å²) in [5.74, 6) is 0. The van der Waals surface area contributed by atoms with Crippen LogP contribution in [-0.4, -0.2) is 44.2 Å². The molecule has 1 saturated heterocycles. The molecule has 1 unspecified atom stereocenters. The summed E-state index contributed by atoms with van der Waals surface area (Å²) in [5, 5.41) is 0. The van der Waals surface area contributed by atoms with Crippen LogP contribution >= 0.6 is 0 Å². The molecule has 1 aliphatic rings. The minimum absolute atomic E-state index is 0.234. The molecule has 94 valence electrons. The molecule has 1 heterocycles. The molecule has 0 spiro atoms. The van der Waals surface area contributed by atoms with E-state index in [2.05, 4.69) is 48.0 Å². The zero-order valence-corrected chi connectivity index (χ0v) is 10.9. The number of nitrogens with two attached hydrogens (primary N) is 1. The Kier molecular flexibility index (Phi) is 4.02. The van der Waals surface area contributed by atoms with Gasteiger partial charge in [0.1, 0.15) is 0 Å². The molecule has 1 aromatic carbocycles. The van der Waals surface area contributed by atoms with Gasteiger partial charge in [0.15, 0.2) is 0 Å². The van der Waals surface area contributed by atoms with E-state index in [9.17, 15) is 0 Å². The number of piperazine rings is 1. The van der Waals surface area contributed by atoms with Crippen molar-refractivity contribution in [3.8, 4) is 0 Å². The lowest BCUT2D eigenvalue weighted by atomic mass is 10.1. The van der Waals surface area contributed by atoms with Crippen molar-refractivity contribution in [2.45, 2.75) is 19.4 Å². The van der Waals surface area contributed by atoms with Crippen molar-refractivity contribution < 1.29 is 0 Å². The van der Waals surface area contributed by atoms with Crippen molar-refractivity contribution in [1.29, 1.82) is 0 Å². The smallest absolute Gasteiger partial charge is 0.0369 e. The lowest BCUT2D eigenvalue weighted by Gasteiger charge is -2.34. The van der Waals surface area contributed by atoms with Crippen LogP contribution in [0.2, 0.25) is 0 Å². The molecule has 17 heavy (non-hydrogen) atoms. The molecule has 3 nitrogen and oxygen atoms in total. The highest BCUT2D eigenvalue weighted by Gasteiger charge is 2.14. The van der Waals surface area contributed by atoms with Gasteiger partial charge in [0, 0.05) is 37.9 Å². The van der Waals surface area contributed by atoms with Crippen LogP contribution in [-0.2, 0) is 6.42 Å². The number of likely N-dealkylation sites (N-methyl/N-ethyl adjacent to an activating group) is 1. The van der Waals surface area contributed by atoms with Crippen LogP contribution in [0.15, 0.2) is 24.3 Å². The van der Waals surface area contributed by atoms with E-state index in [1.54, 1.807) is 0 Å². The summed E-state index contributed by atoms with van der Waals surface area (Å²) in [6.07, 6.45) is 0.960. The Balaban J connectivity index is 2.05. The van der Waals surface area contributed by atoms with E-state index in [4.69, 9.17) is 5.73 Å². The number of rotatable bonds is 3. The number of hydrogen-bond acceptors (Lipinski definition) is 3. The fourth-order valence-corrected chi connectivity index (χ4v) is 2.32. The molecule has 0 aromatic heterocycles. The lowest BCUT2D eigenvalue weighted by Crippen LogP contribution is -2.44. The first kappa shape index (κ1) is 12.4. The van der Waals surface area contributed by atoms with E-state index in [0.29, 0.717) is 0 Å². The summed E-state index contributed by atoms with van der Waals surface area (Å²) < 4.78 is 0. The Morgan fingerprint density at radius 1 is 1.24 bits per heavy atom. The first-order valence-corrected chi connectivity index (χ1v) is 6.43. The zero-order chi connectivity index (χ0) is 12.3. The first-order chi connectivity index (χ1) is 8.15. The monoisotopic (exact) mass is 233 g/mol. The van der Waals surface area contributed by atoms with Gasteiger partial charge in [-0.2, -0.15) is 0 Å². The van der Waals surface area contributed by atoms with Crippen LogP contribution in [0, 0.1) is 0 Å². The topological polar surface area (TPSA) is 32.5 Å². The normalized spacial score (nSPS) is 19.4. The molecule has 1 atom stereocenters. The lowest BCUT2D eigenvalue weighted by molar-refractivity contribution is 0.313. The molecule has 1 aliphatic heterocycles. The van der Waals surface area contributed by atoms with Gasteiger partial charge in [-0.1, -0.05) is 12.1 Å². The van der Waals surface area contributed by atoms with E-state index < -0.39 is 0 Å². The quantitative estimate of drug-likeness (QED) is 0.855. The third kappa shape index (κ3) is 3.45. The van der Waals surface area contributed by atoms with Gasteiger partial charge in [-0.3, -0.25) is 0 Å². The fourth-order valence-electron chi connectivity index (χ4n) is 2.32. The van der Waals surface area contributed by atoms with Crippen molar-refractivity contribution in [3.05, 3.63) is 29.8 Å². The summed E-state index contributed by atoms with van der Waals surface area (Å²) in [6.45, 7) is 6.60. The van der Waals surface area contributed by atoms with E-state index in [1.165, 1.54) is 11.3 Å². The second-order valence-electron chi connectivity index (χ2n) is 5.14. The first-order valence-electron chi connectivity index (χ1n) is 6.43. The highest BCUT2D eigenvalue weighted by atomic mass is 15.2. The number of nitrogens with zero attached hydrogens (tertiary/aromatic N) is 2. The predicted octanol–water partition coefficient (Wildman–Crippen LogP) is 1.33. The van der Waals surface area contributed by atoms with Gasteiger partial charge >= 0.3 is 0 Å². The maximum absolute atomic E-state index is 5.85. The standard InChI is InChI=1S/C14H23N3/c1-12(15)10-13-4-3-5-14(11-13)17-8-6-16(2)7-9-17/h3-5,11-12H,6-10,15H2,1-2H3. The molecular formula is C14H23N3. The summed E-state index contributed by atoms with van der Waals surface area (Å²) in [5.41, 5.74) is 8.54. The molecule has 2 N–H and O–H groups in total. The van der Waals surface area contributed by atoms with Crippen LogP contribution < -0.4 is 10.6 Å². The summed E-state index contributed by atoms with van der Waals surface area (Å²) in [6, 6.07) is 9.04. The number of anilines is 1. The van der Waals surface area contributed by atoms with Crippen LogP contribution in [0.1, 0.15) is 12.5 Å². The molecule has 0 radical (unpaired) electrons. The van der Waals surface area contributed by atoms with E-state index >= 15 is 0 Å². The van der Waals surface area contributed by atoms with Crippen LogP contribution in [0.4, 0.5) is 5.69 Å². The fraction of sp³-hybridized carbons (Fsp3) is 0.571. The van der Waals surface area contributed by atoms with Gasteiger partial charge in [-0.25, -0.2) is 0 Å². The van der Waals surface area contributed by atoms with Gasteiger partial charge in [-0.05, 0) is 38.1 Å². The highest BCUT2D eigenvalue weighted by Crippen LogP contribution is 2.18. The minimum atomic E-state index is 0.234. The minimum Gasteiger partial charge on any atom is -0.369 e. The number of benzene rings is 1. The predicted molar refractivity (Wildman–Crippen MR) is 73.5 cm³/mol. The van der Waals surface area contributed by atoms with Gasteiger partial charge in [0.05, 0.1) is 0 Å². The second kappa shape index (κ2) is 5.52. The van der Waals surface area contributed by atoms with Gasteiger partial charge in [-0.15, -0.1) is 0 Å². The van der Waals surface area contributed by atoms with Crippen LogP contribution in [0.3, 0.4) is 0 Å². The van der Waals surface area contributed by atoms with Crippen molar-refractivity contribution >= 4 is 5.69 Å². The average Bonchev–Trinajstić information content (AvgIpc) is 2.29. The Labute approximate surface area is 104 Å². The molecule has 0 bridgehead atoms. The molecule has 1 aromatic rings. The summed E-state index contributed by atoms with van der Waals surface area (Å²) in [7, 11) is 2.18. The third-order valence-electron chi connectivity index (χ3n) is 3.34. The second-order valence-corrected chi connectivity index (χ2v) is 5.14. The summed E-state index contributed by atoms with van der Waals surface area (Å²) >= 11 is 0. The maximum atomic E-state index is 5.85. The number of hydrogen-bond donors (Lipinski definition) is 1. The van der Waals surface area contributed by atoms with Crippen molar-refractivity contribution in [2.24, 2.45) is 5.73 Å². The van der Waals surface area contributed by atoms with E-state index in [-0.39, 0.29) is 6.04 Å². The van der Waals surface area contributed by atoms with Crippen LogP contribution in [0.5, 0.6) is 0 Å². The molecule has 1 fully saturated rings. The van der Waals surface area contributed by atoms with Gasteiger partial charge in [0.2, 0.25) is 0 Å². The van der Waals surface area contributed by atoms with Crippen molar-refractivity contribution in [1.82, 2.24) is 4.90 Å². The molecule has 0 aliphatic carbocycles. The van der Waals surface area contributed by atoms with E-state index in [0.717, 1.165) is 32.6 Å². The Hall–Kier alpha value is -1.06. The van der Waals surface area contributed by atoms with Gasteiger partial charge < -0.3 is 15.5 Å². The van der Waals surface area contributed by atoms with Crippen molar-refractivity contribution in [2.75, 3.05) is 38.1 Å². The van der Waals surface area contributed by atoms with Gasteiger partial charge in [0.25, 0.3) is 0 Å². The van der Waals surface area contributed by atoms with Crippen LogP contribution in [0.25, 0.3) is 0 Å². The zero-order valence-electron chi connectivity index (χ0n) is 10.9. The Morgan fingerprint density at radius 3 is 2.59 bits per heavy atom.